The number of nitrogens with one attached hydrogen (secondary N) is 1. The van der Waals surface area contributed by atoms with Crippen LogP contribution in [0.3, 0.4) is 0 Å². The van der Waals surface area contributed by atoms with Crippen LogP contribution in [0.25, 0.3) is 0 Å². The molecule has 4 nitrogen and oxygen atoms in total. The third-order valence-electron chi connectivity index (χ3n) is 3.62. The first-order valence-electron chi connectivity index (χ1n) is 6.28. The van der Waals surface area contributed by atoms with Crippen LogP contribution in [0.15, 0.2) is 18.2 Å². The van der Waals surface area contributed by atoms with Crippen LogP contribution >= 0.6 is 11.6 Å². The quantitative estimate of drug-likeness (QED) is 0.659. The Morgan fingerprint density at radius 1 is 1.39 bits per heavy atom. The number of hydrogen-bond donors (Lipinski definition) is 1. The number of nitro benzene ring substituents is 1. The average Bonchev–Trinajstić information content (AvgIpc) is 2.34. The van der Waals surface area contributed by atoms with Crippen molar-refractivity contribution >= 4 is 23.0 Å². The average molecular weight is 269 g/mol. The molecule has 1 aromatic carbocycles. The van der Waals surface area contributed by atoms with Gasteiger partial charge in [-0.15, -0.1) is 0 Å². The zero-order valence-electron chi connectivity index (χ0n) is 10.4. The fraction of sp³-hybridized carbons (Fsp3) is 0.538. The number of rotatable bonds is 3. The molecule has 1 N–H and O–H groups in total. The number of non-ortho nitro benzene ring substituents is 1. The van der Waals surface area contributed by atoms with Crippen molar-refractivity contribution in [3.8, 4) is 0 Å². The zero-order chi connectivity index (χ0) is 13.1. The fourth-order valence-corrected chi connectivity index (χ4v) is 2.69. The van der Waals surface area contributed by atoms with Gasteiger partial charge in [0.15, 0.2) is 0 Å². The van der Waals surface area contributed by atoms with Crippen LogP contribution in [0.5, 0.6) is 0 Å². The van der Waals surface area contributed by atoms with E-state index in [0.717, 1.165) is 12.1 Å². The van der Waals surface area contributed by atoms with Crippen molar-refractivity contribution in [1.29, 1.82) is 0 Å². The largest absolute Gasteiger partial charge is 0.381 e. The highest BCUT2D eigenvalue weighted by atomic mass is 35.5. The van der Waals surface area contributed by atoms with E-state index < -0.39 is 4.92 Å². The third-order valence-corrected chi connectivity index (χ3v) is 3.93. The van der Waals surface area contributed by atoms with Gasteiger partial charge in [0.2, 0.25) is 0 Å². The molecule has 1 fully saturated rings. The smallest absolute Gasteiger partial charge is 0.271 e. The maximum absolute atomic E-state index is 10.6. The van der Waals surface area contributed by atoms with Crippen LogP contribution < -0.4 is 5.32 Å². The minimum absolute atomic E-state index is 0.0299. The molecule has 5 heteroatoms. The van der Waals surface area contributed by atoms with Crippen molar-refractivity contribution in [2.45, 2.75) is 38.6 Å². The molecule has 0 saturated heterocycles. The van der Waals surface area contributed by atoms with E-state index in [4.69, 9.17) is 11.6 Å². The summed E-state index contributed by atoms with van der Waals surface area (Å²) < 4.78 is 0. The molecule has 1 aliphatic rings. The molecule has 98 valence electrons. The number of nitrogens with zero attached hydrogens (tertiary/aromatic N) is 1. The predicted octanol–water partition coefficient (Wildman–Crippen LogP) is 4.24. The Morgan fingerprint density at radius 2 is 2.11 bits per heavy atom. The summed E-state index contributed by atoms with van der Waals surface area (Å²) in [5.74, 6) is 0.616. The lowest BCUT2D eigenvalue weighted by atomic mass is 9.86. The summed E-state index contributed by atoms with van der Waals surface area (Å²) in [6.45, 7) is 2.23. The Bertz CT molecular complexity index is 451. The Labute approximate surface area is 111 Å². The van der Waals surface area contributed by atoms with Crippen LogP contribution in [0.1, 0.15) is 32.6 Å². The van der Waals surface area contributed by atoms with Crippen LogP contribution in [0.4, 0.5) is 11.4 Å². The van der Waals surface area contributed by atoms with Crippen LogP contribution in [-0.4, -0.2) is 11.0 Å². The van der Waals surface area contributed by atoms with Gasteiger partial charge < -0.3 is 5.32 Å². The second kappa shape index (κ2) is 5.57. The van der Waals surface area contributed by atoms with E-state index in [2.05, 4.69) is 12.2 Å². The Kier molecular flexibility index (Phi) is 4.07. The fourth-order valence-electron chi connectivity index (χ4n) is 2.47. The first kappa shape index (κ1) is 13.1. The molecule has 0 radical (unpaired) electrons. The summed E-state index contributed by atoms with van der Waals surface area (Å²) in [6.07, 6.45) is 4.87. The van der Waals surface area contributed by atoms with Crippen molar-refractivity contribution in [2.24, 2.45) is 5.92 Å². The number of hydrogen-bond acceptors (Lipinski definition) is 3. The number of nitro groups is 1. The minimum Gasteiger partial charge on any atom is -0.381 e. The molecule has 0 heterocycles. The maximum atomic E-state index is 10.6. The number of halogens is 1. The zero-order valence-corrected chi connectivity index (χ0v) is 11.1. The van der Waals surface area contributed by atoms with Gasteiger partial charge >= 0.3 is 0 Å². The predicted molar refractivity (Wildman–Crippen MR) is 73.1 cm³/mol. The van der Waals surface area contributed by atoms with Gasteiger partial charge in [-0.25, -0.2) is 0 Å². The monoisotopic (exact) mass is 268 g/mol. The van der Waals surface area contributed by atoms with E-state index in [1.54, 1.807) is 6.07 Å². The van der Waals surface area contributed by atoms with Gasteiger partial charge in [0.1, 0.15) is 0 Å². The molecule has 0 bridgehead atoms. The molecule has 1 aromatic rings. The summed E-state index contributed by atoms with van der Waals surface area (Å²) >= 11 is 6.07. The van der Waals surface area contributed by atoms with Gasteiger partial charge in [0.05, 0.1) is 15.6 Å². The Hall–Kier alpha value is -1.29. The molecule has 0 spiro atoms. The molecule has 0 aliphatic heterocycles. The van der Waals surface area contributed by atoms with Crippen molar-refractivity contribution < 1.29 is 4.92 Å². The summed E-state index contributed by atoms with van der Waals surface area (Å²) in [5.41, 5.74) is 0.822. The highest BCUT2D eigenvalue weighted by Crippen LogP contribution is 2.31. The van der Waals surface area contributed by atoms with E-state index in [-0.39, 0.29) is 5.69 Å². The highest BCUT2D eigenvalue weighted by Gasteiger charge is 2.22. The van der Waals surface area contributed by atoms with Crippen molar-refractivity contribution in [3.05, 3.63) is 33.3 Å². The van der Waals surface area contributed by atoms with Crippen molar-refractivity contribution in [1.82, 2.24) is 0 Å². The third kappa shape index (κ3) is 2.93. The van der Waals surface area contributed by atoms with Gasteiger partial charge in [0.25, 0.3) is 5.69 Å². The molecule has 2 atom stereocenters. The molecule has 1 aliphatic carbocycles. The minimum atomic E-state index is -0.432. The Balaban J connectivity index is 2.11. The molecule has 0 amide bonds. The van der Waals surface area contributed by atoms with E-state index in [9.17, 15) is 10.1 Å². The molecule has 18 heavy (non-hydrogen) atoms. The second-order valence-corrected chi connectivity index (χ2v) is 5.34. The Morgan fingerprint density at radius 3 is 2.72 bits per heavy atom. The van der Waals surface area contributed by atoms with Crippen LogP contribution in [0.2, 0.25) is 5.02 Å². The van der Waals surface area contributed by atoms with Crippen molar-refractivity contribution in [3.63, 3.8) is 0 Å². The van der Waals surface area contributed by atoms with E-state index in [0.29, 0.717) is 17.0 Å². The normalized spacial score (nSPS) is 23.7. The van der Waals surface area contributed by atoms with Crippen molar-refractivity contribution in [2.75, 3.05) is 5.32 Å². The summed E-state index contributed by atoms with van der Waals surface area (Å²) in [7, 11) is 0. The van der Waals surface area contributed by atoms with Gasteiger partial charge in [-0.1, -0.05) is 31.4 Å². The topological polar surface area (TPSA) is 55.2 Å². The first-order chi connectivity index (χ1) is 8.58. The van der Waals surface area contributed by atoms with E-state index >= 15 is 0 Å². The van der Waals surface area contributed by atoms with Gasteiger partial charge in [0, 0.05) is 18.2 Å². The van der Waals surface area contributed by atoms with Gasteiger partial charge in [-0.2, -0.15) is 0 Å². The SMILES string of the molecule is C[C@@H]1CCCC[C@H]1Nc1ccc([N+](=O)[O-])cc1Cl. The molecule has 0 unspecified atom stereocenters. The molecular formula is C13H17ClN2O2. The van der Waals surface area contributed by atoms with Gasteiger partial charge in [-0.3, -0.25) is 10.1 Å². The lowest BCUT2D eigenvalue weighted by Crippen LogP contribution is -2.30. The standard InChI is InChI=1S/C13H17ClN2O2/c1-9-4-2-3-5-12(9)15-13-7-6-10(16(17)18)8-11(13)14/h6-9,12,15H,2-5H2,1H3/t9-,12-/m1/s1. The van der Waals surface area contributed by atoms with E-state index in [1.807, 2.05) is 0 Å². The maximum Gasteiger partial charge on any atom is 0.271 e. The van der Waals surface area contributed by atoms with Crippen LogP contribution in [0, 0.1) is 16.0 Å². The van der Waals surface area contributed by atoms with Gasteiger partial charge in [-0.05, 0) is 24.8 Å². The number of benzene rings is 1. The lowest BCUT2D eigenvalue weighted by molar-refractivity contribution is -0.384. The first-order valence-corrected chi connectivity index (χ1v) is 6.66. The summed E-state index contributed by atoms with van der Waals surface area (Å²) in [6, 6.07) is 5.00. The second-order valence-electron chi connectivity index (χ2n) is 4.93. The molecular weight excluding hydrogens is 252 g/mol. The summed E-state index contributed by atoms with van der Waals surface area (Å²) in [4.78, 5) is 10.2. The number of anilines is 1. The molecule has 0 aromatic heterocycles. The molecule has 2 rings (SSSR count). The lowest BCUT2D eigenvalue weighted by Gasteiger charge is -2.30. The summed E-state index contributed by atoms with van der Waals surface area (Å²) in [5, 5.41) is 14.5. The van der Waals surface area contributed by atoms with Crippen LogP contribution in [-0.2, 0) is 0 Å². The highest BCUT2D eigenvalue weighted by molar-refractivity contribution is 6.33. The molecule has 1 saturated carbocycles. The van der Waals surface area contributed by atoms with E-state index in [1.165, 1.54) is 31.4 Å².